The molecule has 15 nitrogen and oxygen atoms in total. The number of rotatable bonds is 8. The Hall–Kier alpha value is -4.90. The monoisotopic (exact) mass is 686 g/mol. The molecule has 9 N–H and O–H groups in total. The number of nitrogens with one attached hydrogen (secondary N) is 6. The third-order valence-electron chi connectivity index (χ3n) is 7.15. The zero-order valence-corrected chi connectivity index (χ0v) is 27.5. The Morgan fingerprint density at radius 2 is 1.62 bits per heavy atom. The van der Waals surface area contributed by atoms with Crippen LogP contribution < -0.4 is 37.6 Å². The predicted octanol–water partition coefficient (Wildman–Crippen LogP) is 0.222. The molecule has 1 aromatic rings. The second-order valence-corrected chi connectivity index (χ2v) is 11.3. The van der Waals surface area contributed by atoms with Crippen LogP contribution >= 0.6 is 0 Å². The molecular formula is C30H45F3N8O7. The van der Waals surface area contributed by atoms with Gasteiger partial charge in [0.15, 0.2) is 5.96 Å². The van der Waals surface area contributed by atoms with Crippen molar-refractivity contribution < 1.29 is 47.0 Å². The molecule has 0 spiro atoms. The van der Waals surface area contributed by atoms with Gasteiger partial charge in [0.25, 0.3) is 0 Å². The third-order valence-corrected chi connectivity index (χ3v) is 7.15. The maximum Gasteiger partial charge on any atom is 0.490 e. The maximum absolute atomic E-state index is 13.6. The molecule has 4 atom stereocenters. The zero-order valence-electron chi connectivity index (χ0n) is 27.5. The van der Waals surface area contributed by atoms with Crippen molar-refractivity contribution in [3.63, 3.8) is 0 Å². The van der Waals surface area contributed by atoms with Gasteiger partial charge in [0.2, 0.25) is 29.5 Å². The van der Waals surface area contributed by atoms with Crippen LogP contribution in [0.5, 0.6) is 0 Å². The smallest absolute Gasteiger partial charge is 0.475 e. The van der Waals surface area contributed by atoms with Gasteiger partial charge in [0.05, 0.1) is 0 Å². The summed E-state index contributed by atoms with van der Waals surface area (Å²) in [6.45, 7) is 7.11. The summed E-state index contributed by atoms with van der Waals surface area (Å²) in [6.07, 6.45) is -4.14. The highest BCUT2D eigenvalue weighted by Crippen LogP contribution is 2.17. The number of carbonyl (C=O) groups excluding carboxylic acids is 5. The van der Waals surface area contributed by atoms with Gasteiger partial charge in [-0.3, -0.25) is 29.0 Å². The van der Waals surface area contributed by atoms with Crippen molar-refractivity contribution in [2.24, 2.45) is 16.6 Å². The minimum atomic E-state index is -5.08. The quantitative estimate of drug-likeness (QED) is 0.106. The van der Waals surface area contributed by atoms with E-state index >= 15 is 0 Å². The number of amides is 5. The van der Waals surface area contributed by atoms with Crippen molar-refractivity contribution in [2.75, 3.05) is 20.1 Å². The van der Waals surface area contributed by atoms with Gasteiger partial charge in [0.1, 0.15) is 23.7 Å². The SMILES string of the molecule is CC[C@@H]1NC(=O)[C@H](CCCNC(N)=NC)NC(=O)[C@](C)(NC(=O)C(C)C)CCNC(=O)[C@H](c2ccccc2)NC1=O.O=C(O)C(F)(F)F. The van der Waals surface area contributed by atoms with E-state index in [2.05, 4.69) is 36.9 Å². The molecule has 0 radical (unpaired) electrons. The molecule has 1 aliphatic rings. The molecule has 18 heteroatoms. The lowest BCUT2D eigenvalue weighted by molar-refractivity contribution is -0.192. The van der Waals surface area contributed by atoms with Gasteiger partial charge in [-0.1, -0.05) is 51.1 Å². The van der Waals surface area contributed by atoms with E-state index in [1.54, 1.807) is 65.1 Å². The van der Waals surface area contributed by atoms with Crippen molar-refractivity contribution >= 4 is 41.5 Å². The van der Waals surface area contributed by atoms with Gasteiger partial charge in [-0.25, -0.2) is 4.79 Å². The Balaban J connectivity index is 0.00000148. The summed E-state index contributed by atoms with van der Waals surface area (Å²) >= 11 is 0. The first-order valence-electron chi connectivity index (χ1n) is 15.2. The fourth-order valence-corrected chi connectivity index (χ4v) is 4.19. The van der Waals surface area contributed by atoms with E-state index in [0.29, 0.717) is 18.5 Å². The second-order valence-electron chi connectivity index (χ2n) is 11.3. The molecule has 268 valence electrons. The average Bonchev–Trinajstić information content (AvgIpc) is 3.02. The Kier molecular flexibility index (Phi) is 16.3. The van der Waals surface area contributed by atoms with Crippen molar-refractivity contribution in [1.82, 2.24) is 31.9 Å². The molecule has 48 heavy (non-hydrogen) atoms. The molecule has 0 saturated carbocycles. The van der Waals surface area contributed by atoms with Crippen LogP contribution in [0.25, 0.3) is 0 Å². The van der Waals surface area contributed by atoms with E-state index < -0.39 is 65.4 Å². The lowest BCUT2D eigenvalue weighted by Gasteiger charge is -2.33. The molecule has 0 aliphatic carbocycles. The number of carbonyl (C=O) groups is 6. The number of carboxylic acids is 1. The molecule has 5 amide bonds. The number of alkyl halides is 3. The molecule has 0 aromatic heterocycles. The van der Waals surface area contributed by atoms with E-state index in [1.165, 1.54) is 0 Å². The van der Waals surface area contributed by atoms with Gasteiger partial charge in [0, 0.05) is 26.1 Å². The van der Waals surface area contributed by atoms with Gasteiger partial charge >= 0.3 is 12.1 Å². The third kappa shape index (κ3) is 13.4. The number of carboxylic acid groups (broad SMARTS) is 1. The Morgan fingerprint density at radius 3 is 2.15 bits per heavy atom. The van der Waals surface area contributed by atoms with Gasteiger partial charge in [-0.05, 0) is 38.2 Å². The maximum atomic E-state index is 13.6. The van der Waals surface area contributed by atoms with Crippen molar-refractivity contribution in [3.8, 4) is 0 Å². The predicted molar refractivity (Wildman–Crippen MR) is 169 cm³/mol. The molecule has 0 unspecified atom stereocenters. The first kappa shape index (κ1) is 41.1. The van der Waals surface area contributed by atoms with E-state index in [0.717, 1.165) is 0 Å². The van der Waals surface area contributed by atoms with Crippen molar-refractivity contribution in [3.05, 3.63) is 35.9 Å². The first-order valence-corrected chi connectivity index (χ1v) is 15.2. The second kappa shape index (κ2) is 19.0. The normalized spacial score (nSPS) is 22.9. The number of nitrogens with two attached hydrogens (primary N) is 1. The van der Waals surface area contributed by atoms with Crippen LogP contribution in [0.2, 0.25) is 0 Å². The summed E-state index contributed by atoms with van der Waals surface area (Å²) in [4.78, 5) is 79.0. The molecule has 0 bridgehead atoms. The summed E-state index contributed by atoms with van der Waals surface area (Å²) in [5.41, 5.74) is 4.80. The number of nitrogens with zero attached hydrogens (tertiary/aromatic N) is 1. The van der Waals surface area contributed by atoms with Gasteiger partial charge < -0.3 is 42.7 Å². The van der Waals surface area contributed by atoms with E-state index in [9.17, 15) is 37.1 Å². The summed E-state index contributed by atoms with van der Waals surface area (Å²) in [7, 11) is 1.54. The summed E-state index contributed by atoms with van der Waals surface area (Å²) < 4.78 is 31.7. The Bertz CT molecular complexity index is 1310. The summed E-state index contributed by atoms with van der Waals surface area (Å²) in [5.74, 6) is -5.43. The highest BCUT2D eigenvalue weighted by atomic mass is 19.4. The number of hydrogen-bond donors (Lipinski definition) is 8. The number of halogens is 3. The van der Waals surface area contributed by atoms with E-state index in [4.69, 9.17) is 15.6 Å². The van der Waals surface area contributed by atoms with Crippen LogP contribution in [0, 0.1) is 5.92 Å². The van der Waals surface area contributed by atoms with E-state index in [1.807, 2.05) is 0 Å². The van der Waals surface area contributed by atoms with Crippen LogP contribution in [0.4, 0.5) is 13.2 Å². The van der Waals surface area contributed by atoms with Gasteiger partial charge in [-0.15, -0.1) is 0 Å². The van der Waals surface area contributed by atoms with Crippen LogP contribution in [-0.4, -0.2) is 90.5 Å². The topological polar surface area (TPSA) is 233 Å². The van der Waals surface area contributed by atoms with Crippen molar-refractivity contribution in [2.45, 2.75) is 83.2 Å². The number of hydrogen-bond acceptors (Lipinski definition) is 7. The lowest BCUT2D eigenvalue weighted by Crippen LogP contribution is -2.63. The molecule has 1 saturated heterocycles. The summed E-state index contributed by atoms with van der Waals surface area (Å²) in [5, 5.41) is 23.9. The number of aliphatic carboxylic acids is 1. The summed E-state index contributed by atoms with van der Waals surface area (Å²) in [6, 6.07) is 5.72. The zero-order chi connectivity index (χ0) is 36.7. The minimum Gasteiger partial charge on any atom is -0.475 e. The first-order chi connectivity index (χ1) is 22.4. The van der Waals surface area contributed by atoms with Gasteiger partial charge in [-0.2, -0.15) is 13.2 Å². The molecule has 1 aromatic carbocycles. The molecule has 1 fully saturated rings. The number of aliphatic imine (C=N–C) groups is 1. The highest BCUT2D eigenvalue weighted by molar-refractivity contribution is 5.97. The Morgan fingerprint density at radius 1 is 1.04 bits per heavy atom. The van der Waals surface area contributed by atoms with Crippen molar-refractivity contribution in [1.29, 1.82) is 0 Å². The Labute approximate surface area is 276 Å². The fourth-order valence-electron chi connectivity index (χ4n) is 4.19. The largest absolute Gasteiger partial charge is 0.490 e. The molecule has 2 rings (SSSR count). The molecule has 1 heterocycles. The number of guanidine groups is 1. The standard InChI is InChI=1S/C28H44N8O5.C2HF3O2/c1-6-19-23(38)35-21(18-11-8-7-9-12-18)25(40)31-16-14-28(4,36-22(37)17(2)3)26(41)34-20(24(39)33-19)13-10-15-32-27(29)30-5;3-2(4,5)1(6)7/h7-9,11-12,17,19-21H,6,10,13-16H2,1-5H3,(H,31,40)(H,33,39)(H,34,41)(H,35,38)(H,36,37)(H3,29,30,32);(H,6,7)/t19-,20-,21-,28+;/m0./s1. The van der Waals surface area contributed by atoms with E-state index in [-0.39, 0.29) is 37.7 Å². The molecular weight excluding hydrogens is 641 g/mol. The van der Waals surface area contributed by atoms with Crippen LogP contribution in [-0.2, 0) is 28.8 Å². The number of benzene rings is 1. The minimum absolute atomic E-state index is 0.0218. The van der Waals surface area contributed by atoms with Crippen LogP contribution in [0.15, 0.2) is 35.3 Å². The average molecular weight is 687 g/mol. The highest BCUT2D eigenvalue weighted by Gasteiger charge is 2.39. The molecule has 1 aliphatic heterocycles. The van der Waals surface area contributed by atoms with Crippen LogP contribution in [0.3, 0.4) is 0 Å². The fraction of sp³-hybridized carbons (Fsp3) is 0.567. The van der Waals surface area contributed by atoms with Crippen LogP contribution in [0.1, 0.15) is 65.0 Å². The lowest BCUT2D eigenvalue weighted by atomic mass is 9.94.